The lowest BCUT2D eigenvalue weighted by Gasteiger charge is -2.03. The highest BCUT2D eigenvalue weighted by Gasteiger charge is 2.15. The van der Waals surface area contributed by atoms with Gasteiger partial charge in [0.15, 0.2) is 0 Å². The van der Waals surface area contributed by atoms with Gasteiger partial charge in [-0.15, -0.1) is 11.3 Å². The Bertz CT molecular complexity index is 884. The minimum absolute atomic E-state index is 0.185. The first kappa shape index (κ1) is 17.4. The van der Waals surface area contributed by atoms with Crippen molar-refractivity contribution < 1.29 is 4.79 Å². The number of thiophene rings is 1. The van der Waals surface area contributed by atoms with Crippen molar-refractivity contribution in [1.29, 1.82) is 0 Å². The van der Waals surface area contributed by atoms with Crippen LogP contribution in [0.5, 0.6) is 0 Å². The lowest BCUT2D eigenvalue weighted by Crippen LogP contribution is -2.22. The molecule has 0 radical (unpaired) electrons. The van der Waals surface area contributed by atoms with Gasteiger partial charge in [-0.05, 0) is 37.8 Å². The first-order valence-corrected chi connectivity index (χ1v) is 9.43. The molecule has 1 amide bonds. The zero-order chi connectivity index (χ0) is 17.6. The topological polar surface area (TPSA) is 67.5 Å². The Morgan fingerprint density at radius 3 is 2.80 bits per heavy atom. The largest absolute Gasteiger partial charge is 0.397 e. The van der Waals surface area contributed by atoms with Crippen LogP contribution in [-0.2, 0) is 0 Å². The van der Waals surface area contributed by atoms with E-state index in [4.69, 9.17) is 5.73 Å². The lowest BCUT2D eigenvalue weighted by atomic mass is 10.1. The number of hydrogen-bond donors (Lipinski definition) is 2. The van der Waals surface area contributed by atoms with E-state index in [1.54, 1.807) is 0 Å². The van der Waals surface area contributed by atoms with Gasteiger partial charge in [-0.2, -0.15) is 0 Å². The van der Waals surface area contributed by atoms with Crippen LogP contribution in [0.2, 0.25) is 0 Å². The normalized spacial score (nSPS) is 16.6. The molecule has 3 rings (SSSR count). The maximum Gasteiger partial charge on any atom is 0.267 e. The van der Waals surface area contributed by atoms with E-state index in [2.05, 4.69) is 23.0 Å². The van der Waals surface area contributed by atoms with Gasteiger partial charge in [-0.3, -0.25) is 9.79 Å². The molecule has 0 bridgehead atoms. The second kappa shape index (κ2) is 8.12. The quantitative estimate of drug-likeness (QED) is 0.812. The maximum atomic E-state index is 12.6. The molecule has 0 saturated carbocycles. The second-order valence-electron chi connectivity index (χ2n) is 6.23. The number of rotatable bonds is 2. The van der Waals surface area contributed by atoms with Gasteiger partial charge < -0.3 is 11.1 Å². The zero-order valence-corrected chi connectivity index (χ0v) is 15.1. The molecule has 25 heavy (non-hydrogen) atoms. The number of nitrogens with zero attached hydrogens (tertiary/aromatic N) is 1. The molecule has 0 aliphatic carbocycles. The number of anilines is 2. The van der Waals surface area contributed by atoms with E-state index in [0.29, 0.717) is 10.6 Å². The van der Waals surface area contributed by atoms with Gasteiger partial charge in [-0.1, -0.05) is 42.8 Å². The fourth-order valence-electron chi connectivity index (χ4n) is 2.83. The molecule has 1 aromatic carbocycles. The highest BCUT2D eigenvalue weighted by Crippen LogP contribution is 2.16. The molecule has 4 nitrogen and oxygen atoms in total. The molecule has 1 aliphatic rings. The van der Waals surface area contributed by atoms with Gasteiger partial charge in [0, 0.05) is 17.5 Å². The van der Waals surface area contributed by atoms with Gasteiger partial charge in [-0.25, -0.2) is 0 Å². The third-order valence-electron chi connectivity index (χ3n) is 4.24. The van der Waals surface area contributed by atoms with Crippen molar-refractivity contribution in [1.82, 2.24) is 0 Å². The van der Waals surface area contributed by atoms with Crippen LogP contribution in [0.15, 0.2) is 47.5 Å². The van der Waals surface area contributed by atoms with Crippen molar-refractivity contribution in [2.24, 2.45) is 4.99 Å². The van der Waals surface area contributed by atoms with Crippen molar-refractivity contribution in [3.05, 3.63) is 57.3 Å². The molecular formula is C20H23N3OS. The predicted molar refractivity (Wildman–Crippen MR) is 105 cm³/mol. The van der Waals surface area contributed by atoms with E-state index in [1.165, 1.54) is 16.9 Å². The average Bonchev–Trinajstić information content (AvgIpc) is 2.90. The first-order chi connectivity index (χ1) is 12.1. The summed E-state index contributed by atoms with van der Waals surface area (Å²) in [6.07, 6.45) is 7.25. The van der Waals surface area contributed by atoms with Crippen LogP contribution in [0.3, 0.4) is 0 Å². The van der Waals surface area contributed by atoms with Crippen molar-refractivity contribution in [2.45, 2.75) is 32.1 Å². The summed E-state index contributed by atoms with van der Waals surface area (Å²) in [5.74, 6) is -0.185. The molecule has 0 unspecified atom stereocenters. The van der Waals surface area contributed by atoms with E-state index in [0.717, 1.165) is 54.2 Å². The van der Waals surface area contributed by atoms with Crippen LogP contribution in [0.25, 0.3) is 6.08 Å². The Morgan fingerprint density at radius 1 is 1.20 bits per heavy atom. The Hall–Kier alpha value is -2.40. The number of nitrogens with one attached hydrogen (secondary N) is 1. The van der Waals surface area contributed by atoms with E-state index >= 15 is 0 Å². The van der Waals surface area contributed by atoms with E-state index in [9.17, 15) is 4.79 Å². The van der Waals surface area contributed by atoms with Crippen LogP contribution in [-0.4, -0.2) is 12.5 Å². The fraction of sp³-hybridized carbons (Fsp3) is 0.300. The summed E-state index contributed by atoms with van der Waals surface area (Å²) in [4.78, 5) is 17.8. The van der Waals surface area contributed by atoms with Gasteiger partial charge in [0.2, 0.25) is 0 Å². The smallest absolute Gasteiger partial charge is 0.267 e. The number of hydrogen-bond acceptors (Lipinski definition) is 4. The third kappa shape index (κ3) is 4.37. The van der Waals surface area contributed by atoms with E-state index < -0.39 is 0 Å². The first-order valence-electron chi connectivity index (χ1n) is 8.61. The Balaban J connectivity index is 1.96. The SMILES string of the molecule is C=C1C/C=c2/c(N)c(C(=O)Nc3ccccc3)sc2=NCCCCC1. The summed E-state index contributed by atoms with van der Waals surface area (Å²) in [6, 6.07) is 9.40. The lowest BCUT2D eigenvalue weighted by molar-refractivity contribution is 0.103. The Morgan fingerprint density at radius 2 is 2.00 bits per heavy atom. The number of amides is 1. The molecule has 130 valence electrons. The van der Waals surface area contributed by atoms with Crippen LogP contribution in [0.1, 0.15) is 41.8 Å². The van der Waals surface area contributed by atoms with Crippen molar-refractivity contribution in [2.75, 3.05) is 17.6 Å². The summed E-state index contributed by atoms with van der Waals surface area (Å²) in [5.41, 5.74) is 8.78. The minimum Gasteiger partial charge on any atom is -0.397 e. The fourth-order valence-corrected chi connectivity index (χ4v) is 3.85. The monoisotopic (exact) mass is 353 g/mol. The Labute approximate surface area is 151 Å². The third-order valence-corrected chi connectivity index (χ3v) is 5.39. The minimum atomic E-state index is -0.185. The van der Waals surface area contributed by atoms with Crippen molar-refractivity contribution in [3.8, 4) is 0 Å². The van der Waals surface area contributed by atoms with Crippen molar-refractivity contribution in [3.63, 3.8) is 0 Å². The summed E-state index contributed by atoms with van der Waals surface area (Å²) < 4.78 is 0.852. The number of nitrogen functional groups attached to an aromatic ring is 1. The van der Waals surface area contributed by atoms with Crippen LogP contribution in [0.4, 0.5) is 11.4 Å². The molecule has 0 fully saturated rings. The van der Waals surface area contributed by atoms with Gasteiger partial charge in [0.05, 0.1) is 5.69 Å². The molecule has 1 aromatic heterocycles. The number of carbonyl (C=O) groups excluding carboxylic acids is 1. The highest BCUT2D eigenvalue weighted by atomic mass is 32.1. The number of nitrogens with two attached hydrogens (primary N) is 1. The second-order valence-corrected chi connectivity index (χ2v) is 7.23. The molecule has 5 heteroatoms. The molecule has 3 N–H and O–H groups in total. The highest BCUT2D eigenvalue weighted by molar-refractivity contribution is 7.12. The number of allylic oxidation sites excluding steroid dienone is 1. The summed E-state index contributed by atoms with van der Waals surface area (Å²) >= 11 is 1.37. The molecule has 0 atom stereocenters. The predicted octanol–water partition coefficient (Wildman–Crippen LogP) is 3.50. The molecule has 0 spiro atoms. The maximum absolute atomic E-state index is 12.6. The summed E-state index contributed by atoms with van der Waals surface area (Å²) in [5, 5.41) is 3.78. The number of benzene rings is 1. The van der Waals surface area contributed by atoms with Crippen LogP contribution < -0.4 is 20.9 Å². The number of fused-ring (bicyclic) bond motifs is 1. The molecular weight excluding hydrogens is 330 g/mol. The van der Waals surface area contributed by atoms with Crippen LogP contribution in [0, 0.1) is 0 Å². The van der Waals surface area contributed by atoms with Crippen molar-refractivity contribution >= 4 is 34.7 Å². The number of carbonyl (C=O) groups is 1. The number of para-hydroxylation sites is 1. The molecule has 2 heterocycles. The molecule has 1 aliphatic heterocycles. The van der Waals surface area contributed by atoms with Gasteiger partial charge in [0.1, 0.15) is 9.55 Å². The average molecular weight is 353 g/mol. The van der Waals surface area contributed by atoms with E-state index in [-0.39, 0.29) is 5.91 Å². The molecule has 2 aromatic rings. The van der Waals surface area contributed by atoms with Gasteiger partial charge in [0.25, 0.3) is 5.91 Å². The van der Waals surface area contributed by atoms with Gasteiger partial charge >= 0.3 is 0 Å². The summed E-state index contributed by atoms with van der Waals surface area (Å²) in [6.45, 7) is 4.91. The molecule has 0 saturated heterocycles. The Kier molecular flexibility index (Phi) is 5.66. The van der Waals surface area contributed by atoms with E-state index in [1.807, 2.05) is 30.3 Å². The van der Waals surface area contributed by atoms with Crippen LogP contribution >= 0.6 is 11.3 Å². The standard InChI is InChI=1S/C20H23N3OS/c1-14-8-4-3-7-13-22-20-16(12-11-14)17(21)18(25-20)19(24)23-15-9-5-2-6-10-15/h2,5-6,9-10,12H,1,3-4,7-8,11,13,21H2,(H,23,24)/b16-12-,22-20?. The summed E-state index contributed by atoms with van der Waals surface area (Å²) in [7, 11) is 0. The zero-order valence-electron chi connectivity index (χ0n) is 14.3.